The number of rotatable bonds is 4. The van der Waals surface area contributed by atoms with E-state index >= 15 is 0 Å². The number of fused-ring (bicyclic) bond motifs is 9. The van der Waals surface area contributed by atoms with Gasteiger partial charge in [0, 0.05) is 38.2 Å². The van der Waals surface area contributed by atoms with E-state index in [9.17, 15) is 0 Å². The minimum absolute atomic E-state index is 0.889. The molecule has 0 spiro atoms. The summed E-state index contributed by atoms with van der Waals surface area (Å²) >= 11 is 0. The molecule has 0 unspecified atom stereocenters. The molecule has 51 heavy (non-hydrogen) atoms. The zero-order valence-corrected chi connectivity index (χ0v) is 27.6. The van der Waals surface area contributed by atoms with Gasteiger partial charge in [0.1, 0.15) is 11.2 Å². The lowest BCUT2D eigenvalue weighted by atomic mass is 9.95. The maximum absolute atomic E-state index is 6.71. The van der Waals surface area contributed by atoms with Gasteiger partial charge in [0.2, 0.25) is 0 Å². The van der Waals surface area contributed by atoms with Gasteiger partial charge in [-0.15, -0.1) is 0 Å². The van der Waals surface area contributed by atoms with Crippen LogP contribution in [-0.2, 0) is 0 Å². The van der Waals surface area contributed by atoms with Crippen LogP contribution in [0, 0.1) is 0 Å². The summed E-state index contributed by atoms with van der Waals surface area (Å²) in [6.07, 6.45) is 0. The molecule has 8 aromatic carbocycles. The average molecular weight is 651 g/mol. The summed E-state index contributed by atoms with van der Waals surface area (Å²) < 4.78 is 11.5. The van der Waals surface area contributed by atoms with Crippen molar-refractivity contribution in [3.8, 4) is 33.6 Å². The summed E-state index contributed by atoms with van der Waals surface area (Å²) in [6.45, 7) is 0. The summed E-state index contributed by atoms with van der Waals surface area (Å²) in [5, 5.41) is 7.20. The van der Waals surface area contributed by atoms with E-state index in [0.717, 1.165) is 55.5 Å². The van der Waals surface area contributed by atoms with Gasteiger partial charge in [-0.3, -0.25) is 0 Å². The zero-order valence-electron chi connectivity index (χ0n) is 27.6. The lowest BCUT2D eigenvalue weighted by Gasteiger charge is -2.13. The zero-order chi connectivity index (χ0) is 33.5. The highest BCUT2D eigenvalue weighted by Crippen LogP contribution is 2.46. The first-order valence-corrected chi connectivity index (χ1v) is 17.5. The third-order valence-corrected chi connectivity index (χ3v) is 10.5. The Morgan fingerprint density at radius 2 is 0.863 bits per heavy atom. The van der Waals surface area contributed by atoms with Gasteiger partial charge >= 0.3 is 0 Å². The van der Waals surface area contributed by atoms with Crippen molar-refractivity contribution >= 4 is 65.6 Å². The second-order valence-electron chi connectivity index (χ2n) is 13.2. The van der Waals surface area contributed by atoms with Crippen molar-refractivity contribution in [3.05, 3.63) is 182 Å². The topological polar surface area (TPSA) is 23.0 Å². The molecule has 0 fully saturated rings. The number of hydrogen-bond donors (Lipinski definition) is 0. The van der Waals surface area contributed by atoms with E-state index in [1.54, 1.807) is 0 Å². The summed E-state index contributed by atoms with van der Waals surface area (Å²) in [6, 6.07) is 65.3. The molecule has 0 aliphatic carbocycles. The van der Waals surface area contributed by atoms with E-state index in [0.29, 0.717) is 0 Å². The van der Waals surface area contributed by atoms with E-state index in [4.69, 9.17) is 4.42 Å². The molecule has 0 aliphatic rings. The van der Waals surface area contributed by atoms with Gasteiger partial charge in [0.05, 0.1) is 33.1 Å². The molecule has 3 heteroatoms. The average Bonchev–Trinajstić information content (AvgIpc) is 3.87. The summed E-state index contributed by atoms with van der Waals surface area (Å²) in [5.41, 5.74) is 13.5. The Bertz CT molecular complexity index is 3130. The van der Waals surface area contributed by atoms with Crippen molar-refractivity contribution in [3.63, 3.8) is 0 Å². The summed E-state index contributed by atoms with van der Waals surface area (Å²) in [5.74, 6) is 0. The lowest BCUT2D eigenvalue weighted by molar-refractivity contribution is 0.670. The molecule has 0 aliphatic heterocycles. The van der Waals surface area contributed by atoms with Crippen LogP contribution in [0.25, 0.3) is 99.2 Å². The van der Waals surface area contributed by atoms with Gasteiger partial charge in [-0.25, -0.2) is 0 Å². The van der Waals surface area contributed by atoms with Crippen molar-refractivity contribution in [1.82, 2.24) is 9.13 Å². The molecular weight excluding hydrogens is 621 g/mol. The first-order chi connectivity index (χ1) is 25.3. The second-order valence-corrected chi connectivity index (χ2v) is 13.2. The number of nitrogens with zero attached hydrogens (tertiary/aromatic N) is 2. The first kappa shape index (κ1) is 28.0. The number of furan rings is 1. The largest absolute Gasteiger partial charge is 0.455 e. The number of hydrogen-bond acceptors (Lipinski definition) is 1. The van der Waals surface area contributed by atoms with E-state index in [1.165, 1.54) is 43.7 Å². The van der Waals surface area contributed by atoms with Crippen LogP contribution in [-0.4, -0.2) is 9.13 Å². The molecule has 0 N–H and O–H groups in total. The maximum atomic E-state index is 6.71. The van der Waals surface area contributed by atoms with Gasteiger partial charge < -0.3 is 13.6 Å². The molecule has 11 aromatic rings. The second kappa shape index (κ2) is 10.8. The van der Waals surface area contributed by atoms with E-state index < -0.39 is 0 Å². The van der Waals surface area contributed by atoms with Gasteiger partial charge in [-0.1, -0.05) is 127 Å². The number of aromatic nitrogens is 2. The predicted molar refractivity (Wildman–Crippen MR) is 213 cm³/mol. The standard InChI is InChI=1S/C48H30N2O/c1-3-15-31(16-4-1)33-29-30-43(47-38-21-9-12-28-44(38)51-48(33)47)50-40-25-11-8-20-37(40)46-35(23-14-27-42(46)50)34-22-13-26-41-45(34)36-19-7-10-24-39(36)49(41)32-17-5-2-6-18-32/h1-30H. The molecule has 0 atom stereocenters. The van der Waals surface area contributed by atoms with Crippen molar-refractivity contribution in [2.45, 2.75) is 0 Å². The Balaban J connectivity index is 1.25. The fraction of sp³-hybridized carbons (Fsp3) is 0. The Hall–Kier alpha value is -6.84. The van der Waals surface area contributed by atoms with E-state index in [-0.39, 0.29) is 0 Å². The van der Waals surface area contributed by atoms with Gasteiger partial charge in [-0.05, 0) is 71.3 Å². The molecule has 3 nitrogen and oxygen atoms in total. The van der Waals surface area contributed by atoms with Crippen LogP contribution < -0.4 is 0 Å². The molecule has 0 radical (unpaired) electrons. The molecule has 0 amide bonds. The van der Waals surface area contributed by atoms with Crippen LogP contribution in [0.15, 0.2) is 186 Å². The molecule has 0 saturated carbocycles. The fourth-order valence-corrected chi connectivity index (χ4v) is 8.44. The smallest absolute Gasteiger partial charge is 0.145 e. The van der Waals surface area contributed by atoms with Crippen LogP contribution in [0.2, 0.25) is 0 Å². The monoisotopic (exact) mass is 650 g/mol. The molecule has 238 valence electrons. The molecular formula is C48H30N2O. The molecule has 3 heterocycles. The normalized spacial score (nSPS) is 11.9. The van der Waals surface area contributed by atoms with Crippen molar-refractivity contribution < 1.29 is 4.42 Å². The Labute approximate surface area is 293 Å². The van der Waals surface area contributed by atoms with Crippen LogP contribution in [0.3, 0.4) is 0 Å². The van der Waals surface area contributed by atoms with E-state index in [1.807, 2.05) is 0 Å². The van der Waals surface area contributed by atoms with Crippen LogP contribution in [0.5, 0.6) is 0 Å². The maximum Gasteiger partial charge on any atom is 0.145 e. The van der Waals surface area contributed by atoms with Crippen molar-refractivity contribution in [1.29, 1.82) is 0 Å². The highest BCUT2D eigenvalue weighted by atomic mass is 16.3. The van der Waals surface area contributed by atoms with Gasteiger partial charge in [-0.2, -0.15) is 0 Å². The summed E-state index contributed by atoms with van der Waals surface area (Å²) in [4.78, 5) is 0. The minimum Gasteiger partial charge on any atom is -0.455 e. The lowest BCUT2D eigenvalue weighted by Crippen LogP contribution is -1.95. The summed E-state index contributed by atoms with van der Waals surface area (Å²) in [7, 11) is 0. The van der Waals surface area contributed by atoms with Crippen molar-refractivity contribution in [2.75, 3.05) is 0 Å². The molecule has 3 aromatic heterocycles. The third kappa shape index (κ3) is 4.00. The SMILES string of the molecule is c1ccc(-c2ccc(-n3c4ccccc4c4c(-c5cccc6c5c5ccccc5n6-c5ccccc5)cccc43)c3c2oc2ccccc23)cc1. The van der Waals surface area contributed by atoms with Crippen LogP contribution in [0.1, 0.15) is 0 Å². The van der Waals surface area contributed by atoms with Crippen LogP contribution >= 0.6 is 0 Å². The van der Waals surface area contributed by atoms with Crippen LogP contribution in [0.4, 0.5) is 0 Å². The highest BCUT2D eigenvalue weighted by molar-refractivity contribution is 6.23. The Morgan fingerprint density at radius 1 is 0.333 bits per heavy atom. The van der Waals surface area contributed by atoms with Gasteiger partial charge in [0.15, 0.2) is 0 Å². The first-order valence-electron chi connectivity index (χ1n) is 17.5. The fourth-order valence-electron chi connectivity index (χ4n) is 8.44. The third-order valence-electron chi connectivity index (χ3n) is 10.5. The number of benzene rings is 8. The minimum atomic E-state index is 0.889. The molecule has 11 rings (SSSR count). The quantitative estimate of drug-likeness (QED) is 0.186. The molecule has 0 saturated heterocycles. The molecule has 0 bridgehead atoms. The van der Waals surface area contributed by atoms with E-state index in [2.05, 4.69) is 191 Å². The predicted octanol–water partition coefficient (Wildman–Crippen LogP) is 13.1. The number of para-hydroxylation sites is 4. The highest BCUT2D eigenvalue weighted by Gasteiger charge is 2.23. The van der Waals surface area contributed by atoms with Crippen molar-refractivity contribution in [2.24, 2.45) is 0 Å². The Morgan fingerprint density at radius 3 is 1.55 bits per heavy atom. The Kier molecular flexibility index (Phi) is 5.96. The van der Waals surface area contributed by atoms with Gasteiger partial charge in [0.25, 0.3) is 0 Å².